The first-order chi connectivity index (χ1) is 9.16. The number of aromatic amines is 1. The Morgan fingerprint density at radius 1 is 1.26 bits per heavy atom. The number of hydrogen-bond acceptors (Lipinski definition) is 3. The maximum absolute atomic E-state index is 12.3. The summed E-state index contributed by atoms with van der Waals surface area (Å²) in [7, 11) is 0. The third-order valence-corrected chi connectivity index (χ3v) is 2.50. The van der Waals surface area contributed by atoms with Crippen molar-refractivity contribution in [3.63, 3.8) is 0 Å². The molecule has 19 heavy (non-hydrogen) atoms. The number of nitrogens with zero attached hydrogens (tertiary/aromatic N) is 2. The monoisotopic (exact) mass is 269 g/mol. The van der Waals surface area contributed by atoms with Crippen LogP contribution in [0.25, 0.3) is 0 Å². The SMILES string of the molecule is O=c1[nH]nc(COCc2ccccc2)n1CC(F)F. The quantitative estimate of drug-likeness (QED) is 0.865. The van der Waals surface area contributed by atoms with E-state index in [-0.39, 0.29) is 12.4 Å². The van der Waals surface area contributed by atoms with E-state index in [2.05, 4.69) is 10.2 Å². The van der Waals surface area contributed by atoms with Crippen molar-refractivity contribution in [3.8, 4) is 0 Å². The van der Waals surface area contributed by atoms with Gasteiger partial charge in [0, 0.05) is 0 Å². The number of H-pyrrole nitrogens is 1. The first-order valence-corrected chi connectivity index (χ1v) is 5.70. The summed E-state index contributed by atoms with van der Waals surface area (Å²) in [6, 6.07) is 9.41. The molecule has 0 bridgehead atoms. The van der Waals surface area contributed by atoms with Gasteiger partial charge in [0.15, 0.2) is 5.82 Å². The average Bonchev–Trinajstić information content (AvgIpc) is 2.72. The Morgan fingerprint density at radius 2 is 2.00 bits per heavy atom. The van der Waals surface area contributed by atoms with Crippen molar-refractivity contribution in [2.75, 3.05) is 0 Å². The third kappa shape index (κ3) is 3.72. The molecule has 2 aromatic rings. The highest BCUT2D eigenvalue weighted by Crippen LogP contribution is 2.04. The van der Waals surface area contributed by atoms with Crippen molar-refractivity contribution in [3.05, 3.63) is 52.2 Å². The van der Waals surface area contributed by atoms with Crippen LogP contribution in [-0.2, 0) is 24.5 Å². The number of alkyl halides is 2. The highest BCUT2D eigenvalue weighted by molar-refractivity contribution is 5.13. The third-order valence-electron chi connectivity index (χ3n) is 2.50. The van der Waals surface area contributed by atoms with Gasteiger partial charge in [-0.3, -0.25) is 4.57 Å². The number of rotatable bonds is 6. The van der Waals surface area contributed by atoms with E-state index in [0.29, 0.717) is 6.61 Å². The number of benzene rings is 1. The first-order valence-electron chi connectivity index (χ1n) is 5.70. The zero-order chi connectivity index (χ0) is 13.7. The summed E-state index contributed by atoms with van der Waals surface area (Å²) < 4.78 is 30.8. The Balaban J connectivity index is 1.94. The summed E-state index contributed by atoms with van der Waals surface area (Å²) in [6.07, 6.45) is -2.61. The van der Waals surface area contributed by atoms with Gasteiger partial charge in [-0.25, -0.2) is 18.7 Å². The molecule has 0 radical (unpaired) electrons. The van der Waals surface area contributed by atoms with Gasteiger partial charge in [0.25, 0.3) is 6.43 Å². The van der Waals surface area contributed by atoms with Gasteiger partial charge in [-0.2, -0.15) is 5.10 Å². The van der Waals surface area contributed by atoms with Crippen LogP contribution in [0.15, 0.2) is 35.1 Å². The first kappa shape index (κ1) is 13.4. The van der Waals surface area contributed by atoms with Crippen LogP contribution in [0.4, 0.5) is 8.78 Å². The van der Waals surface area contributed by atoms with Crippen molar-refractivity contribution in [1.82, 2.24) is 14.8 Å². The number of nitrogens with one attached hydrogen (secondary N) is 1. The Labute approximate surface area is 107 Å². The zero-order valence-corrected chi connectivity index (χ0v) is 10.1. The molecule has 0 saturated heterocycles. The molecule has 0 saturated carbocycles. The van der Waals surface area contributed by atoms with Crippen molar-refractivity contribution in [2.24, 2.45) is 0 Å². The fraction of sp³-hybridized carbons (Fsp3) is 0.333. The van der Waals surface area contributed by atoms with Gasteiger partial charge >= 0.3 is 5.69 Å². The minimum Gasteiger partial charge on any atom is -0.369 e. The van der Waals surface area contributed by atoms with Crippen LogP contribution in [0.5, 0.6) is 0 Å². The maximum atomic E-state index is 12.3. The number of aromatic nitrogens is 3. The molecule has 2 rings (SSSR count). The largest absolute Gasteiger partial charge is 0.369 e. The molecule has 1 aromatic heterocycles. The topological polar surface area (TPSA) is 59.9 Å². The molecule has 0 amide bonds. The normalized spacial score (nSPS) is 11.1. The highest BCUT2D eigenvalue weighted by Gasteiger charge is 2.13. The summed E-state index contributed by atoms with van der Waals surface area (Å²) in [6.45, 7) is -0.351. The standard InChI is InChI=1S/C12H13F2N3O2/c13-10(14)6-17-11(15-16-12(17)18)8-19-7-9-4-2-1-3-5-9/h1-5,10H,6-8H2,(H,16,18). The van der Waals surface area contributed by atoms with E-state index < -0.39 is 18.7 Å². The van der Waals surface area contributed by atoms with Crippen molar-refractivity contribution in [1.29, 1.82) is 0 Å². The molecular formula is C12H13F2N3O2. The van der Waals surface area contributed by atoms with Gasteiger partial charge in [-0.05, 0) is 5.56 Å². The summed E-state index contributed by atoms with van der Waals surface area (Å²) in [5.41, 5.74) is 0.305. The van der Waals surface area contributed by atoms with Gasteiger partial charge in [0.05, 0.1) is 13.2 Å². The minimum absolute atomic E-state index is 0.000351. The summed E-state index contributed by atoms with van der Waals surface area (Å²) in [4.78, 5) is 11.3. The molecule has 0 aliphatic rings. The lowest BCUT2D eigenvalue weighted by Crippen LogP contribution is -2.22. The van der Waals surface area contributed by atoms with Gasteiger partial charge in [0.2, 0.25) is 0 Å². The molecule has 7 heteroatoms. The fourth-order valence-electron chi connectivity index (χ4n) is 1.62. The van der Waals surface area contributed by atoms with Gasteiger partial charge in [0.1, 0.15) is 6.61 Å². The van der Waals surface area contributed by atoms with Crippen LogP contribution in [-0.4, -0.2) is 21.2 Å². The second kappa shape index (κ2) is 6.24. The highest BCUT2D eigenvalue weighted by atomic mass is 19.3. The molecule has 1 aromatic carbocycles. The second-order valence-corrected chi connectivity index (χ2v) is 3.93. The number of ether oxygens (including phenoxy) is 1. The van der Waals surface area contributed by atoms with E-state index in [1.165, 1.54) is 0 Å². The predicted octanol–water partition coefficient (Wildman–Crippen LogP) is 1.55. The molecule has 1 N–H and O–H groups in total. The summed E-state index contributed by atoms with van der Waals surface area (Å²) >= 11 is 0. The lowest BCUT2D eigenvalue weighted by atomic mass is 10.2. The number of halogens is 2. The lowest BCUT2D eigenvalue weighted by molar-refractivity contribution is 0.0902. The van der Waals surface area contributed by atoms with E-state index >= 15 is 0 Å². The summed E-state index contributed by atoms with van der Waals surface area (Å²) in [5.74, 6) is 0.168. The zero-order valence-electron chi connectivity index (χ0n) is 10.1. The van der Waals surface area contributed by atoms with Crippen molar-refractivity contribution >= 4 is 0 Å². The maximum Gasteiger partial charge on any atom is 0.343 e. The van der Waals surface area contributed by atoms with Gasteiger partial charge in [-0.1, -0.05) is 30.3 Å². The molecule has 5 nitrogen and oxygen atoms in total. The Morgan fingerprint density at radius 3 is 2.68 bits per heavy atom. The van der Waals surface area contributed by atoms with Crippen molar-refractivity contribution in [2.45, 2.75) is 26.2 Å². The second-order valence-electron chi connectivity index (χ2n) is 3.93. The van der Waals surface area contributed by atoms with Crippen LogP contribution in [0, 0.1) is 0 Å². The molecule has 0 atom stereocenters. The molecule has 0 fully saturated rings. The summed E-state index contributed by atoms with van der Waals surface area (Å²) in [5, 5.41) is 5.80. The smallest absolute Gasteiger partial charge is 0.343 e. The van der Waals surface area contributed by atoms with Gasteiger partial charge < -0.3 is 4.74 Å². The average molecular weight is 269 g/mol. The van der Waals surface area contributed by atoms with Crippen LogP contribution in [0.2, 0.25) is 0 Å². The minimum atomic E-state index is -2.61. The molecule has 102 valence electrons. The van der Waals surface area contributed by atoms with Gasteiger partial charge in [-0.15, -0.1) is 0 Å². The van der Waals surface area contributed by atoms with E-state index in [9.17, 15) is 13.6 Å². The van der Waals surface area contributed by atoms with E-state index in [4.69, 9.17) is 4.74 Å². The lowest BCUT2D eigenvalue weighted by Gasteiger charge is -2.06. The van der Waals surface area contributed by atoms with Crippen molar-refractivity contribution < 1.29 is 13.5 Å². The molecule has 0 unspecified atom stereocenters. The number of hydrogen-bond donors (Lipinski definition) is 1. The van der Waals surface area contributed by atoms with E-state index in [0.717, 1.165) is 10.1 Å². The van der Waals surface area contributed by atoms with Crippen LogP contribution in [0.1, 0.15) is 11.4 Å². The fourth-order valence-corrected chi connectivity index (χ4v) is 1.62. The predicted molar refractivity (Wildman–Crippen MR) is 63.8 cm³/mol. The Hall–Kier alpha value is -2.02. The van der Waals surface area contributed by atoms with E-state index in [1.54, 1.807) is 0 Å². The Kier molecular flexibility index (Phi) is 4.40. The molecule has 0 spiro atoms. The molecule has 0 aliphatic carbocycles. The molecular weight excluding hydrogens is 256 g/mol. The Bertz CT molecular complexity index is 566. The molecule has 1 heterocycles. The van der Waals surface area contributed by atoms with Crippen LogP contribution < -0.4 is 5.69 Å². The van der Waals surface area contributed by atoms with Crippen LogP contribution >= 0.6 is 0 Å². The molecule has 0 aliphatic heterocycles. The van der Waals surface area contributed by atoms with Crippen LogP contribution in [0.3, 0.4) is 0 Å². The van der Waals surface area contributed by atoms with E-state index in [1.807, 2.05) is 30.3 Å².